The summed E-state index contributed by atoms with van der Waals surface area (Å²) in [7, 11) is 0. The fourth-order valence-electron chi connectivity index (χ4n) is 2.83. The Kier molecular flexibility index (Phi) is 13.5. The highest BCUT2D eigenvalue weighted by Crippen LogP contribution is 2.25. The van der Waals surface area contributed by atoms with Gasteiger partial charge in [0.25, 0.3) is 0 Å². The lowest BCUT2D eigenvalue weighted by Crippen LogP contribution is -2.26. The summed E-state index contributed by atoms with van der Waals surface area (Å²) in [5.74, 6) is 1.41. The molecule has 0 rings (SSSR count). The summed E-state index contributed by atoms with van der Waals surface area (Å²) in [4.78, 5) is 0. The van der Waals surface area contributed by atoms with Crippen LogP contribution in [0.1, 0.15) is 67.2 Å². The van der Waals surface area contributed by atoms with Crippen LogP contribution in [0.25, 0.3) is 0 Å². The Morgan fingerprint density at radius 3 is 1.09 bits per heavy atom. The van der Waals surface area contributed by atoms with Gasteiger partial charge in [-0.05, 0) is 74.5 Å². The smallest absolute Gasteiger partial charge is 0.00257 e. The molecular formula is C18H44N4. The summed E-state index contributed by atoms with van der Waals surface area (Å²) >= 11 is 0. The second-order valence-corrected chi connectivity index (χ2v) is 8.51. The molecule has 0 radical (unpaired) electrons. The zero-order valence-electron chi connectivity index (χ0n) is 16.1. The molecular weight excluding hydrogens is 272 g/mol. The van der Waals surface area contributed by atoms with Crippen LogP contribution in [0.15, 0.2) is 0 Å². The van der Waals surface area contributed by atoms with Crippen LogP contribution in [0, 0.1) is 22.7 Å². The summed E-state index contributed by atoms with van der Waals surface area (Å²) in [5.41, 5.74) is 22.7. The maximum atomic E-state index is 5.62. The van der Waals surface area contributed by atoms with Crippen molar-refractivity contribution in [2.75, 3.05) is 26.2 Å². The van der Waals surface area contributed by atoms with Crippen LogP contribution in [-0.2, 0) is 0 Å². The summed E-state index contributed by atoms with van der Waals surface area (Å²) < 4.78 is 0. The van der Waals surface area contributed by atoms with E-state index in [1.807, 2.05) is 0 Å². The van der Waals surface area contributed by atoms with Gasteiger partial charge in [0.05, 0.1) is 0 Å². The monoisotopic (exact) mass is 316 g/mol. The topological polar surface area (TPSA) is 104 Å². The van der Waals surface area contributed by atoms with Crippen molar-refractivity contribution in [1.82, 2.24) is 0 Å². The molecule has 0 heterocycles. The Hall–Kier alpha value is -0.160. The van der Waals surface area contributed by atoms with Gasteiger partial charge in [0.1, 0.15) is 0 Å². The summed E-state index contributed by atoms with van der Waals surface area (Å²) in [6, 6.07) is 0. The largest absolute Gasteiger partial charge is 0.330 e. The summed E-state index contributed by atoms with van der Waals surface area (Å²) in [5, 5.41) is 0. The third kappa shape index (κ3) is 14.8. The zero-order chi connectivity index (χ0) is 17.8. The molecule has 0 aromatic carbocycles. The van der Waals surface area contributed by atoms with Crippen molar-refractivity contribution in [1.29, 1.82) is 0 Å². The predicted molar refractivity (Wildman–Crippen MR) is 101 cm³/mol. The average molecular weight is 317 g/mol. The Balaban J connectivity index is 0. The fourth-order valence-corrected chi connectivity index (χ4v) is 2.83. The van der Waals surface area contributed by atoms with E-state index in [0.29, 0.717) is 11.8 Å². The molecule has 22 heavy (non-hydrogen) atoms. The maximum absolute atomic E-state index is 5.62. The molecule has 8 N–H and O–H groups in total. The number of rotatable bonds is 10. The summed E-state index contributed by atoms with van der Waals surface area (Å²) in [6.07, 6.45) is 4.59. The molecule has 0 aliphatic rings. The number of hydrogen-bond donors (Lipinski definition) is 4. The minimum absolute atomic E-state index is 0.286. The lowest BCUT2D eigenvalue weighted by atomic mass is 9.82. The van der Waals surface area contributed by atoms with Crippen molar-refractivity contribution in [2.24, 2.45) is 45.6 Å². The highest BCUT2D eigenvalue weighted by molar-refractivity contribution is 4.73. The van der Waals surface area contributed by atoms with E-state index in [4.69, 9.17) is 22.9 Å². The van der Waals surface area contributed by atoms with Crippen LogP contribution in [0.5, 0.6) is 0 Å². The third-order valence-corrected chi connectivity index (χ3v) is 4.23. The molecule has 0 spiro atoms. The molecule has 0 saturated carbocycles. The van der Waals surface area contributed by atoms with Crippen LogP contribution in [0.2, 0.25) is 0 Å². The predicted octanol–water partition coefficient (Wildman–Crippen LogP) is 2.69. The molecule has 2 atom stereocenters. The van der Waals surface area contributed by atoms with Gasteiger partial charge in [-0.2, -0.15) is 0 Å². The molecule has 0 aromatic rings. The highest BCUT2D eigenvalue weighted by atomic mass is 14.6. The molecule has 4 heteroatoms. The number of nitrogens with two attached hydrogens (primary N) is 4. The SMILES string of the molecule is CC(CCN)CC(C)(C)CN.CC(CCN)CC(C)(C)CN. The van der Waals surface area contributed by atoms with E-state index >= 15 is 0 Å². The molecule has 0 aliphatic heterocycles. The second kappa shape index (κ2) is 12.3. The van der Waals surface area contributed by atoms with E-state index in [9.17, 15) is 0 Å². The van der Waals surface area contributed by atoms with Gasteiger partial charge in [0, 0.05) is 0 Å². The molecule has 136 valence electrons. The minimum atomic E-state index is 0.286. The lowest BCUT2D eigenvalue weighted by molar-refractivity contribution is 0.279. The van der Waals surface area contributed by atoms with Gasteiger partial charge < -0.3 is 22.9 Å². The van der Waals surface area contributed by atoms with E-state index in [-0.39, 0.29) is 10.8 Å². The van der Waals surface area contributed by atoms with Crippen molar-refractivity contribution in [2.45, 2.75) is 67.2 Å². The first-order chi connectivity index (χ1) is 10.0. The van der Waals surface area contributed by atoms with E-state index in [0.717, 1.165) is 39.0 Å². The normalized spacial score (nSPS) is 15.0. The molecule has 0 aromatic heterocycles. The van der Waals surface area contributed by atoms with Crippen LogP contribution in [0.4, 0.5) is 0 Å². The Labute approximate surface area is 139 Å². The van der Waals surface area contributed by atoms with Crippen molar-refractivity contribution in [3.63, 3.8) is 0 Å². The molecule has 0 saturated heterocycles. The van der Waals surface area contributed by atoms with E-state index in [2.05, 4.69) is 41.5 Å². The molecule has 2 unspecified atom stereocenters. The maximum Gasteiger partial charge on any atom is -0.00257 e. The van der Waals surface area contributed by atoms with Gasteiger partial charge in [-0.25, -0.2) is 0 Å². The van der Waals surface area contributed by atoms with Crippen molar-refractivity contribution >= 4 is 0 Å². The van der Waals surface area contributed by atoms with E-state index in [1.54, 1.807) is 0 Å². The molecule has 0 aliphatic carbocycles. The van der Waals surface area contributed by atoms with Gasteiger partial charge in [-0.15, -0.1) is 0 Å². The first-order valence-corrected chi connectivity index (χ1v) is 8.83. The molecule has 0 amide bonds. The van der Waals surface area contributed by atoms with Gasteiger partial charge in [0.15, 0.2) is 0 Å². The van der Waals surface area contributed by atoms with Gasteiger partial charge >= 0.3 is 0 Å². The third-order valence-electron chi connectivity index (χ3n) is 4.23. The van der Waals surface area contributed by atoms with Crippen LogP contribution >= 0.6 is 0 Å². The van der Waals surface area contributed by atoms with Crippen LogP contribution in [0.3, 0.4) is 0 Å². The molecule has 0 fully saturated rings. The first kappa shape index (κ1) is 24.1. The first-order valence-electron chi connectivity index (χ1n) is 8.83. The number of hydrogen-bond acceptors (Lipinski definition) is 4. The standard InChI is InChI=1S/2C9H22N2/c2*1-8(4-5-10)6-9(2,3)7-11/h2*8H,4-7,10-11H2,1-3H3. The fraction of sp³-hybridized carbons (Fsp3) is 1.00. The summed E-state index contributed by atoms with van der Waals surface area (Å²) in [6.45, 7) is 16.4. The zero-order valence-corrected chi connectivity index (χ0v) is 16.1. The van der Waals surface area contributed by atoms with Gasteiger partial charge in [-0.1, -0.05) is 41.5 Å². The minimum Gasteiger partial charge on any atom is -0.330 e. The second-order valence-electron chi connectivity index (χ2n) is 8.51. The molecule has 4 nitrogen and oxygen atoms in total. The highest BCUT2D eigenvalue weighted by Gasteiger charge is 2.19. The Morgan fingerprint density at radius 1 is 0.636 bits per heavy atom. The van der Waals surface area contributed by atoms with Gasteiger partial charge in [-0.3, -0.25) is 0 Å². The Bertz CT molecular complexity index is 225. The van der Waals surface area contributed by atoms with Crippen molar-refractivity contribution < 1.29 is 0 Å². The van der Waals surface area contributed by atoms with Crippen LogP contribution < -0.4 is 22.9 Å². The Morgan fingerprint density at radius 2 is 0.909 bits per heavy atom. The van der Waals surface area contributed by atoms with Crippen molar-refractivity contribution in [3.05, 3.63) is 0 Å². The van der Waals surface area contributed by atoms with Crippen LogP contribution in [-0.4, -0.2) is 26.2 Å². The average Bonchev–Trinajstić information content (AvgIpc) is 2.39. The molecule has 0 bridgehead atoms. The van der Waals surface area contributed by atoms with Gasteiger partial charge in [0.2, 0.25) is 0 Å². The van der Waals surface area contributed by atoms with E-state index < -0.39 is 0 Å². The van der Waals surface area contributed by atoms with Crippen molar-refractivity contribution in [3.8, 4) is 0 Å². The lowest BCUT2D eigenvalue weighted by Gasteiger charge is -2.25. The van der Waals surface area contributed by atoms with E-state index in [1.165, 1.54) is 12.8 Å². The quantitative estimate of drug-likeness (QED) is 0.497.